The second-order valence-electron chi connectivity index (χ2n) is 10.6. The summed E-state index contributed by atoms with van der Waals surface area (Å²) in [6.07, 6.45) is 0. The number of aryl methyl sites for hydroxylation is 3. The van der Waals surface area contributed by atoms with Crippen LogP contribution in [-0.2, 0) is 4.79 Å². The molecule has 2 amide bonds. The van der Waals surface area contributed by atoms with Gasteiger partial charge in [-0.15, -0.1) is 11.3 Å². The van der Waals surface area contributed by atoms with Crippen LogP contribution in [0.2, 0.25) is 0 Å². The van der Waals surface area contributed by atoms with Gasteiger partial charge in [-0.25, -0.2) is 9.59 Å². The minimum atomic E-state index is -1.79. The van der Waals surface area contributed by atoms with Gasteiger partial charge in [0, 0.05) is 16.5 Å². The fourth-order valence-electron chi connectivity index (χ4n) is 5.83. The summed E-state index contributed by atoms with van der Waals surface area (Å²) in [7, 11) is 1.55. The van der Waals surface area contributed by atoms with Gasteiger partial charge in [0.25, 0.3) is 0 Å². The molecule has 1 saturated heterocycles. The van der Waals surface area contributed by atoms with Crippen LogP contribution in [0.25, 0.3) is 0 Å². The number of rotatable bonds is 7. The number of amides is 2. The van der Waals surface area contributed by atoms with E-state index in [-0.39, 0.29) is 11.5 Å². The molecule has 1 aliphatic rings. The Bertz CT molecular complexity index is 1590. The molecule has 3 heterocycles. The zero-order valence-electron chi connectivity index (χ0n) is 23.5. The lowest BCUT2D eigenvalue weighted by Gasteiger charge is -2.37. The minimum absolute atomic E-state index is 0.133. The number of benzene rings is 2. The van der Waals surface area contributed by atoms with Crippen molar-refractivity contribution >= 4 is 34.8 Å². The summed E-state index contributed by atoms with van der Waals surface area (Å²) in [6, 6.07) is 18.0. The van der Waals surface area contributed by atoms with Gasteiger partial charge in [0.2, 0.25) is 5.78 Å². The van der Waals surface area contributed by atoms with Crippen molar-refractivity contribution in [2.45, 2.75) is 45.2 Å². The molecule has 0 spiro atoms. The number of aliphatic carboxylic acids is 1. The molecule has 9 heteroatoms. The molecule has 4 aromatic rings. The van der Waals surface area contributed by atoms with E-state index in [1.807, 2.05) is 49.6 Å². The average Bonchev–Trinajstić information content (AvgIpc) is 3.65. The zero-order chi connectivity index (χ0) is 29.5. The van der Waals surface area contributed by atoms with Gasteiger partial charge in [0.1, 0.15) is 17.0 Å². The average molecular weight is 573 g/mol. The van der Waals surface area contributed by atoms with Crippen molar-refractivity contribution < 1.29 is 28.6 Å². The van der Waals surface area contributed by atoms with E-state index in [9.17, 15) is 19.5 Å². The Morgan fingerprint density at radius 3 is 2.20 bits per heavy atom. The number of urea groups is 1. The Kier molecular flexibility index (Phi) is 7.48. The number of furan rings is 1. The van der Waals surface area contributed by atoms with Gasteiger partial charge in [-0.05, 0) is 86.7 Å². The summed E-state index contributed by atoms with van der Waals surface area (Å²) in [4.78, 5) is 44.1. The molecule has 0 bridgehead atoms. The SMILES string of the molecule is COc1ccc(NC(=O)N2C(c3ccc(C)cc3)C(C(=O)c3ccc(C)o3)C(c3sccc3C)C2(C)C(=O)O)cc1. The van der Waals surface area contributed by atoms with Gasteiger partial charge >= 0.3 is 12.0 Å². The largest absolute Gasteiger partial charge is 0.497 e. The van der Waals surface area contributed by atoms with Gasteiger partial charge in [0.05, 0.1) is 19.1 Å². The number of ketones is 1. The number of thiophene rings is 1. The van der Waals surface area contributed by atoms with Gasteiger partial charge in [-0.1, -0.05) is 29.8 Å². The van der Waals surface area contributed by atoms with Crippen LogP contribution in [0.5, 0.6) is 5.75 Å². The molecule has 8 nitrogen and oxygen atoms in total. The first-order valence-electron chi connectivity index (χ1n) is 13.2. The number of Topliss-reactive ketones (excluding diaryl/α,β-unsaturated/α-hetero) is 1. The lowest BCUT2D eigenvalue weighted by Crippen LogP contribution is -2.55. The number of likely N-dealkylation sites (tertiary alicyclic amines) is 1. The number of carbonyl (C=O) groups is 3. The maximum absolute atomic E-state index is 14.4. The number of carboxylic acid groups (broad SMARTS) is 1. The van der Waals surface area contributed by atoms with Gasteiger partial charge < -0.3 is 19.6 Å². The van der Waals surface area contributed by atoms with E-state index in [0.717, 1.165) is 16.0 Å². The van der Waals surface area contributed by atoms with Crippen LogP contribution in [0.1, 0.15) is 56.8 Å². The van der Waals surface area contributed by atoms with Crippen LogP contribution in [0.4, 0.5) is 10.5 Å². The Morgan fingerprint density at radius 2 is 1.66 bits per heavy atom. The number of anilines is 1. The molecule has 0 aliphatic carbocycles. The molecule has 1 fully saturated rings. The predicted octanol–water partition coefficient (Wildman–Crippen LogP) is 6.99. The van der Waals surface area contributed by atoms with Crippen LogP contribution in [0.15, 0.2) is 76.5 Å². The van der Waals surface area contributed by atoms with Crippen LogP contribution in [0.3, 0.4) is 0 Å². The molecule has 2 N–H and O–H groups in total. The van der Waals surface area contributed by atoms with Gasteiger partial charge in [0.15, 0.2) is 5.76 Å². The number of ether oxygens (including phenoxy) is 1. The van der Waals surface area contributed by atoms with E-state index in [2.05, 4.69) is 5.32 Å². The maximum atomic E-state index is 14.4. The fraction of sp³-hybridized carbons (Fsp3) is 0.281. The molecular weight excluding hydrogens is 540 g/mol. The van der Waals surface area contributed by atoms with E-state index >= 15 is 0 Å². The highest BCUT2D eigenvalue weighted by Gasteiger charge is 2.66. The minimum Gasteiger partial charge on any atom is -0.497 e. The first-order valence-corrected chi connectivity index (χ1v) is 14.1. The molecule has 0 saturated carbocycles. The fourth-order valence-corrected chi connectivity index (χ4v) is 7.03. The molecular formula is C32H32N2O6S. The van der Waals surface area contributed by atoms with Crippen LogP contribution in [0, 0.1) is 26.7 Å². The highest BCUT2D eigenvalue weighted by molar-refractivity contribution is 7.10. The summed E-state index contributed by atoms with van der Waals surface area (Å²) < 4.78 is 11.0. The number of nitrogens with zero attached hydrogens (tertiary/aromatic N) is 1. The Hall–Kier alpha value is -4.37. The van der Waals surface area contributed by atoms with Crippen molar-refractivity contribution in [3.63, 3.8) is 0 Å². The molecule has 2 aromatic carbocycles. The second kappa shape index (κ2) is 10.9. The van der Waals surface area contributed by atoms with Crippen molar-refractivity contribution in [2.75, 3.05) is 12.4 Å². The summed E-state index contributed by atoms with van der Waals surface area (Å²) in [5, 5.41) is 15.7. The summed E-state index contributed by atoms with van der Waals surface area (Å²) in [5.74, 6) is -2.04. The third kappa shape index (κ3) is 4.91. The molecule has 212 valence electrons. The van der Waals surface area contributed by atoms with Crippen LogP contribution < -0.4 is 10.1 Å². The molecule has 1 aliphatic heterocycles. The molecule has 0 radical (unpaired) electrons. The van der Waals surface area contributed by atoms with E-state index < -0.39 is 35.4 Å². The van der Waals surface area contributed by atoms with E-state index in [1.165, 1.54) is 23.2 Å². The highest BCUT2D eigenvalue weighted by atomic mass is 32.1. The van der Waals surface area contributed by atoms with Crippen LogP contribution in [-0.4, -0.2) is 40.4 Å². The molecule has 4 atom stereocenters. The van der Waals surface area contributed by atoms with Crippen molar-refractivity contribution in [3.05, 3.63) is 105 Å². The molecule has 5 rings (SSSR count). The molecule has 4 unspecified atom stereocenters. The number of carboxylic acids is 1. The smallest absolute Gasteiger partial charge is 0.330 e. The number of nitrogens with one attached hydrogen (secondary N) is 1. The molecule has 2 aromatic heterocycles. The lowest BCUT2D eigenvalue weighted by atomic mass is 9.74. The van der Waals surface area contributed by atoms with Crippen molar-refractivity contribution in [1.29, 1.82) is 0 Å². The number of carbonyl (C=O) groups excluding carboxylic acids is 2. The van der Waals surface area contributed by atoms with E-state index in [0.29, 0.717) is 22.8 Å². The van der Waals surface area contributed by atoms with Crippen molar-refractivity contribution in [1.82, 2.24) is 4.90 Å². The maximum Gasteiger partial charge on any atom is 0.330 e. The van der Waals surface area contributed by atoms with Gasteiger partial charge in [-0.3, -0.25) is 9.69 Å². The lowest BCUT2D eigenvalue weighted by molar-refractivity contribution is -0.148. The summed E-state index contributed by atoms with van der Waals surface area (Å²) >= 11 is 1.39. The van der Waals surface area contributed by atoms with Crippen molar-refractivity contribution in [3.8, 4) is 5.75 Å². The first-order chi connectivity index (χ1) is 19.6. The normalized spacial score (nSPS) is 22.0. The Labute approximate surface area is 242 Å². The van der Waals surface area contributed by atoms with E-state index in [4.69, 9.17) is 9.15 Å². The zero-order valence-corrected chi connectivity index (χ0v) is 24.3. The van der Waals surface area contributed by atoms with E-state index in [1.54, 1.807) is 50.4 Å². The van der Waals surface area contributed by atoms with Gasteiger partial charge in [-0.2, -0.15) is 0 Å². The quantitative estimate of drug-likeness (QED) is 0.231. The van der Waals surface area contributed by atoms with Crippen LogP contribution >= 0.6 is 11.3 Å². The number of hydrogen-bond acceptors (Lipinski definition) is 6. The summed E-state index contributed by atoms with van der Waals surface area (Å²) in [5.41, 5.74) is 1.19. The number of methoxy groups -OCH3 is 1. The second-order valence-corrected chi connectivity index (χ2v) is 11.5. The predicted molar refractivity (Wildman–Crippen MR) is 157 cm³/mol. The number of hydrogen-bond donors (Lipinski definition) is 2. The summed E-state index contributed by atoms with van der Waals surface area (Å²) in [6.45, 7) is 7.13. The topological polar surface area (TPSA) is 109 Å². The Balaban J connectivity index is 1.74. The standard InChI is InChI=1S/C32H32N2O6S/c1-18-6-9-21(10-7-18)27-25(28(35)24-15-8-20(3)40-24)26(29-19(2)16-17-41-29)32(4,30(36)37)34(27)31(38)33-22-11-13-23(39-5)14-12-22/h6-17,25-27H,1-5H3,(H,33,38)(H,36,37). The Morgan fingerprint density at radius 1 is 0.976 bits per heavy atom. The third-order valence-corrected chi connectivity index (χ3v) is 9.07. The monoisotopic (exact) mass is 572 g/mol. The van der Waals surface area contributed by atoms with Crippen molar-refractivity contribution in [2.24, 2.45) is 5.92 Å². The highest BCUT2D eigenvalue weighted by Crippen LogP contribution is 2.58. The third-order valence-electron chi connectivity index (χ3n) is 7.97. The first kappa shape index (κ1) is 28.2. The molecule has 41 heavy (non-hydrogen) atoms.